The van der Waals surface area contributed by atoms with Crippen LogP contribution < -0.4 is 4.74 Å². The summed E-state index contributed by atoms with van der Waals surface area (Å²) >= 11 is 7.37. The number of thiazole rings is 1. The van der Waals surface area contributed by atoms with Gasteiger partial charge in [0.1, 0.15) is 16.8 Å². The van der Waals surface area contributed by atoms with E-state index in [-0.39, 0.29) is 0 Å². The number of allylic oxidation sites excluding steroid dienone is 1. The smallest absolute Gasteiger partial charge is 0.134 e. The van der Waals surface area contributed by atoms with Gasteiger partial charge in [-0.2, -0.15) is 5.26 Å². The molecule has 0 unspecified atom stereocenters. The molecule has 0 aliphatic heterocycles. The molecule has 0 radical (unpaired) electrons. The van der Waals surface area contributed by atoms with Crippen molar-refractivity contribution in [1.82, 2.24) is 4.98 Å². The molecule has 0 spiro atoms. The second kappa shape index (κ2) is 7.98. The maximum atomic E-state index is 9.50. The number of hydrogen-bond donors (Lipinski definition) is 0. The molecule has 0 aliphatic carbocycles. The van der Waals surface area contributed by atoms with E-state index in [4.69, 9.17) is 16.3 Å². The Morgan fingerprint density at radius 2 is 1.92 bits per heavy atom. The summed E-state index contributed by atoms with van der Waals surface area (Å²) in [6.07, 6.45) is 1.83. The molecule has 3 nitrogen and oxygen atoms in total. The second-order valence-electron chi connectivity index (χ2n) is 5.22. The first-order chi connectivity index (χ1) is 12.2. The number of nitriles is 1. The summed E-state index contributed by atoms with van der Waals surface area (Å²) in [6.45, 7) is 2.58. The van der Waals surface area contributed by atoms with Crippen LogP contribution in [0.15, 0.2) is 53.9 Å². The zero-order valence-electron chi connectivity index (χ0n) is 13.6. The van der Waals surface area contributed by atoms with E-state index in [1.165, 1.54) is 11.3 Å². The van der Waals surface area contributed by atoms with Crippen LogP contribution in [0.5, 0.6) is 5.75 Å². The summed E-state index contributed by atoms with van der Waals surface area (Å²) in [5.74, 6) is 0.817. The Kier molecular flexibility index (Phi) is 5.49. The van der Waals surface area contributed by atoms with Crippen LogP contribution in [-0.2, 0) is 0 Å². The molecule has 3 rings (SSSR count). The molecule has 1 heterocycles. The molecule has 0 fully saturated rings. The maximum Gasteiger partial charge on any atom is 0.134 e. The van der Waals surface area contributed by atoms with E-state index in [2.05, 4.69) is 11.1 Å². The highest BCUT2D eigenvalue weighted by molar-refractivity contribution is 7.11. The number of rotatable bonds is 5. The zero-order chi connectivity index (χ0) is 17.6. The quantitative estimate of drug-likeness (QED) is 0.526. The first kappa shape index (κ1) is 17.2. The molecule has 0 saturated heterocycles. The first-order valence-electron chi connectivity index (χ1n) is 7.76. The maximum absolute atomic E-state index is 9.50. The molecule has 0 N–H and O–H groups in total. The lowest BCUT2D eigenvalue weighted by atomic mass is 10.1. The van der Waals surface area contributed by atoms with Crippen LogP contribution in [0.4, 0.5) is 0 Å². The van der Waals surface area contributed by atoms with Crippen LogP contribution in [0.3, 0.4) is 0 Å². The Morgan fingerprint density at radius 1 is 1.20 bits per heavy atom. The molecule has 0 bridgehead atoms. The minimum Gasteiger partial charge on any atom is -0.494 e. The van der Waals surface area contributed by atoms with Gasteiger partial charge in [-0.3, -0.25) is 0 Å². The van der Waals surface area contributed by atoms with Gasteiger partial charge >= 0.3 is 0 Å². The van der Waals surface area contributed by atoms with Crippen molar-refractivity contribution in [2.24, 2.45) is 0 Å². The molecule has 0 atom stereocenters. The standard InChI is InChI=1S/C20H15ClN2OS/c1-2-24-18-9-3-14(4-10-18)11-16(12-22)20-23-19(13-25-20)15-5-7-17(21)8-6-15/h3-11,13H,2H2,1H3/b16-11+. The van der Waals surface area contributed by atoms with E-state index in [9.17, 15) is 5.26 Å². The summed E-state index contributed by atoms with van der Waals surface area (Å²) in [7, 11) is 0. The van der Waals surface area contributed by atoms with E-state index in [1.807, 2.05) is 66.9 Å². The van der Waals surface area contributed by atoms with Crippen molar-refractivity contribution < 1.29 is 4.74 Å². The van der Waals surface area contributed by atoms with Crippen molar-refractivity contribution in [3.63, 3.8) is 0 Å². The molecule has 3 aromatic rings. The number of hydrogen-bond acceptors (Lipinski definition) is 4. The molecule has 25 heavy (non-hydrogen) atoms. The lowest BCUT2D eigenvalue weighted by Gasteiger charge is -2.02. The van der Waals surface area contributed by atoms with E-state index in [0.29, 0.717) is 22.2 Å². The van der Waals surface area contributed by atoms with Crippen molar-refractivity contribution >= 4 is 34.6 Å². The molecule has 0 aliphatic rings. The van der Waals surface area contributed by atoms with Gasteiger partial charge in [-0.1, -0.05) is 35.9 Å². The molecule has 2 aromatic carbocycles. The summed E-state index contributed by atoms with van der Waals surface area (Å²) < 4.78 is 5.43. The molecular weight excluding hydrogens is 352 g/mol. The average Bonchev–Trinajstić information content (AvgIpc) is 3.12. The van der Waals surface area contributed by atoms with Gasteiger partial charge in [0.25, 0.3) is 0 Å². The number of aromatic nitrogens is 1. The summed E-state index contributed by atoms with van der Waals surface area (Å²) in [4.78, 5) is 4.58. The average molecular weight is 367 g/mol. The molecule has 0 amide bonds. The third-order valence-electron chi connectivity index (χ3n) is 3.50. The minimum atomic E-state index is 0.536. The third-order valence-corrected chi connectivity index (χ3v) is 4.62. The van der Waals surface area contributed by atoms with E-state index < -0.39 is 0 Å². The highest BCUT2D eigenvalue weighted by atomic mass is 35.5. The van der Waals surface area contributed by atoms with Crippen LogP contribution in [-0.4, -0.2) is 11.6 Å². The van der Waals surface area contributed by atoms with Gasteiger partial charge in [-0.15, -0.1) is 11.3 Å². The molecule has 0 saturated carbocycles. The molecule has 1 aromatic heterocycles. The fourth-order valence-electron chi connectivity index (χ4n) is 2.29. The van der Waals surface area contributed by atoms with Crippen molar-refractivity contribution in [1.29, 1.82) is 5.26 Å². The highest BCUT2D eigenvalue weighted by Crippen LogP contribution is 2.28. The van der Waals surface area contributed by atoms with Crippen LogP contribution in [0.2, 0.25) is 5.02 Å². The van der Waals surface area contributed by atoms with Gasteiger partial charge in [-0.05, 0) is 42.8 Å². The van der Waals surface area contributed by atoms with Crippen molar-refractivity contribution in [3.05, 3.63) is 69.5 Å². The SMILES string of the molecule is CCOc1ccc(/C=C(\C#N)c2nc(-c3ccc(Cl)cc3)cs2)cc1. The Morgan fingerprint density at radius 3 is 2.56 bits per heavy atom. The number of nitrogens with zero attached hydrogens (tertiary/aromatic N) is 2. The fraction of sp³-hybridized carbons (Fsp3) is 0.100. The van der Waals surface area contributed by atoms with E-state index in [0.717, 1.165) is 22.6 Å². The Balaban J connectivity index is 1.86. The van der Waals surface area contributed by atoms with Crippen molar-refractivity contribution in [2.75, 3.05) is 6.61 Å². The predicted molar refractivity (Wildman–Crippen MR) is 104 cm³/mol. The van der Waals surface area contributed by atoms with Gasteiger partial charge in [0.15, 0.2) is 0 Å². The molecular formula is C20H15ClN2OS. The fourth-order valence-corrected chi connectivity index (χ4v) is 3.21. The topological polar surface area (TPSA) is 45.9 Å². The lowest BCUT2D eigenvalue weighted by molar-refractivity contribution is 0.340. The van der Waals surface area contributed by atoms with Gasteiger partial charge in [0.2, 0.25) is 0 Å². The Hall–Kier alpha value is -2.61. The van der Waals surface area contributed by atoms with Crippen LogP contribution in [0.25, 0.3) is 22.9 Å². The molecule has 124 valence electrons. The van der Waals surface area contributed by atoms with E-state index in [1.54, 1.807) is 0 Å². The van der Waals surface area contributed by atoms with Gasteiger partial charge in [0.05, 0.1) is 17.9 Å². The normalized spacial score (nSPS) is 11.2. The van der Waals surface area contributed by atoms with Crippen molar-refractivity contribution in [3.8, 4) is 23.1 Å². The Bertz CT molecular complexity index is 922. The monoisotopic (exact) mass is 366 g/mol. The minimum absolute atomic E-state index is 0.536. The Labute approximate surface area is 155 Å². The lowest BCUT2D eigenvalue weighted by Crippen LogP contribution is -1.90. The third kappa shape index (κ3) is 4.27. The summed E-state index contributed by atoms with van der Waals surface area (Å²) in [5, 5.41) is 12.8. The van der Waals surface area contributed by atoms with Gasteiger partial charge in [0, 0.05) is 16.0 Å². The number of ether oxygens (including phenoxy) is 1. The van der Waals surface area contributed by atoms with Gasteiger partial charge < -0.3 is 4.74 Å². The largest absolute Gasteiger partial charge is 0.494 e. The summed E-state index contributed by atoms with van der Waals surface area (Å²) in [6, 6.07) is 17.4. The van der Waals surface area contributed by atoms with Gasteiger partial charge in [-0.25, -0.2) is 4.98 Å². The second-order valence-corrected chi connectivity index (χ2v) is 6.51. The number of benzene rings is 2. The number of halogens is 1. The first-order valence-corrected chi connectivity index (χ1v) is 9.02. The van der Waals surface area contributed by atoms with Crippen LogP contribution >= 0.6 is 22.9 Å². The summed E-state index contributed by atoms with van der Waals surface area (Å²) in [5.41, 5.74) is 3.28. The molecule has 5 heteroatoms. The van der Waals surface area contributed by atoms with E-state index >= 15 is 0 Å². The predicted octanol–water partition coefficient (Wildman–Crippen LogP) is 5.93. The van der Waals surface area contributed by atoms with Crippen LogP contribution in [0, 0.1) is 11.3 Å². The van der Waals surface area contributed by atoms with Crippen molar-refractivity contribution in [2.45, 2.75) is 6.92 Å². The van der Waals surface area contributed by atoms with Crippen LogP contribution in [0.1, 0.15) is 17.5 Å². The highest BCUT2D eigenvalue weighted by Gasteiger charge is 2.09. The zero-order valence-corrected chi connectivity index (χ0v) is 15.1.